The van der Waals surface area contributed by atoms with Gasteiger partial charge in [0.1, 0.15) is 12.7 Å². The Morgan fingerprint density at radius 2 is 1.08 bits per heavy atom. The Hall–Kier alpha value is -3.82. The third kappa shape index (κ3) is 8.08. The maximum Gasteiger partial charge on any atom is 0.311 e. The molecular weight excluding hydrogens is 547 g/mol. The summed E-state index contributed by atoms with van der Waals surface area (Å²) in [5.74, 6) is -18.7. The van der Waals surface area contributed by atoms with Crippen LogP contribution >= 0.6 is 0 Å². The number of carbonyl (C=O) groups is 5. The van der Waals surface area contributed by atoms with Crippen molar-refractivity contribution in [3.63, 3.8) is 0 Å². The summed E-state index contributed by atoms with van der Waals surface area (Å²) in [4.78, 5) is 58.9. The average molecular weight is 570 g/mol. The molecule has 1 aliphatic rings. The molecule has 1 aromatic carbocycles. The van der Waals surface area contributed by atoms with Crippen molar-refractivity contribution in [2.24, 2.45) is 0 Å². The lowest BCUT2D eigenvalue weighted by atomic mass is 9.92. The first-order valence-electron chi connectivity index (χ1n) is 11.2. The molecule has 0 radical (unpaired) electrons. The van der Waals surface area contributed by atoms with Gasteiger partial charge in [-0.25, -0.2) is 13.2 Å². The standard InChI is InChI=1S/C23H23F5O11/c1-8(29)34-7-13-21(36-10(3)31)23(37-11(4)32)20(35-9(2)30)12(38-13)5-6-14(33)39-22-18(27)16(25)15(24)17(26)19(22)28/h12-13,20-21,23H,5-7H2,1-4H3/t12-,13-,20+,21-,23-/m1/s1. The Morgan fingerprint density at radius 1 is 0.641 bits per heavy atom. The van der Waals surface area contributed by atoms with Gasteiger partial charge in [0, 0.05) is 34.1 Å². The van der Waals surface area contributed by atoms with Crippen molar-refractivity contribution in [3.8, 4) is 5.75 Å². The number of rotatable bonds is 9. The van der Waals surface area contributed by atoms with Crippen molar-refractivity contribution in [2.45, 2.75) is 71.1 Å². The highest BCUT2D eigenvalue weighted by molar-refractivity contribution is 5.72. The molecule has 216 valence electrons. The van der Waals surface area contributed by atoms with E-state index in [1.165, 1.54) is 0 Å². The summed E-state index contributed by atoms with van der Waals surface area (Å²) in [5, 5.41) is 0. The molecule has 1 saturated heterocycles. The van der Waals surface area contributed by atoms with Crippen molar-refractivity contribution in [1.82, 2.24) is 0 Å². The normalized spacial score (nSPS) is 22.4. The van der Waals surface area contributed by atoms with Gasteiger partial charge in [0.2, 0.25) is 34.8 Å². The van der Waals surface area contributed by atoms with E-state index >= 15 is 0 Å². The maximum absolute atomic E-state index is 13.9. The fraction of sp³-hybridized carbons (Fsp3) is 0.522. The van der Waals surface area contributed by atoms with Crippen molar-refractivity contribution in [2.75, 3.05) is 6.61 Å². The van der Waals surface area contributed by atoms with E-state index in [9.17, 15) is 45.9 Å². The van der Waals surface area contributed by atoms with Gasteiger partial charge in [-0.15, -0.1) is 0 Å². The predicted molar refractivity (Wildman–Crippen MR) is 113 cm³/mol. The Morgan fingerprint density at radius 3 is 1.54 bits per heavy atom. The summed E-state index contributed by atoms with van der Waals surface area (Å²) in [7, 11) is 0. The zero-order valence-corrected chi connectivity index (χ0v) is 20.9. The van der Waals surface area contributed by atoms with Crippen LogP contribution in [0.4, 0.5) is 22.0 Å². The van der Waals surface area contributed by atoms with Crippen molar-refractivity contribution in [1.29, 1.82) is 0 Å². The summed E-state index contributed by atoms with van der Waals surface area (Å²) < 4.78 is 98.3. The van der Waals surface area contributed by atoms with Crippen LogP contribution in [-0.2, 0) is 47.7 Å². The lowest BCUT2D eigenvalue weighted by molar-refractivity contribution is -0.253. The fourth-order valence-corrected chi connectivity index (χ4v) is 3.65. The van der Waals surface area contributed by atoms with Crippen LogP contribution in [0.3, 0.4) is 0 Å². The Labute approximate surface area is 217 Å². The van der Waals surface area contributed by atoms with E-state index in [0.717, 1.165) is 27.7 Å². The van der Waals surface area contributed by atoms with E-state index in [2.05, 4.69) is 4.74 Å². The SMILES string of the molecule is CC(=O)OC[C@H]1O[C@H](CCC(=O)Oc2c(F)c(F)c(F)c(F)c2F)[C@H](OC(C)=O)[C@@H](OC(C)=O)[C@@H]1OC(C)=O. The minimum atomic E-state index is -2.46. The van der Waals surface area contributed by atoms with E-state index in [-0.39, 0.29) is 0 Å². The van der Waals surface area contributed by atoms with Crippen LogP contribution in [0.1, 0.15) is 40.5 Å². The zero-order valence-electron chi connectivity index (χ0n) is 20.9. The molecular formula is C23H23F5O11. The van der Waals surface area contributed by atoms with Gasteiger partial charge in [0.15, 0.2) is 18.3 Å². The molecule has 0 aliphatic carbocycles. The topological polar surface area (TPSA) is 141 Å². The molecule has 1 aromatic rings. The second-order valence-electron chi connectivity index (χ2n) is 8.15. The van der Waals surface area contributed by atoms with Gasteiger partial charge in [-0.1, -0.05) is 0 Å². The highest BCUT2D eigenvalue weighted by atomic mass is 19.2. The van der Waals surface area contributed by atoms with Gasteiger partial charge in [0.25, 0.3) is 0 Å². The molecule has 0 bridgehead atoms. The number of ether oxygens (including phenoxy) is 6. The molecule has 0 spiro atoms. The van der Waals surface area contributed by atoms with Crippen LogP contribution in [0.15, 0.2) is 0 Å². The van der Waals surface area contributed by atoms with E-state index in [4.69, 9.17) is 23.7 Å². The minimum absolute atomic E-state index is 0.507. The van der Waals surface area contributed by atoms with Crippen molar-refractivity contribution >= 4 is 29.8 Å². The van der Waals surface area contributed by atoms with Crippen molar-refractivity contribution < 1.29 is 74.3 Å². The molecule has 1 heterocycles. The highest BCUT2D eigenvalue weighted by Gasteiger charge is 2.52. The van der Waals surface area contributed by atoms with Gasteiger partial charge in [-0.05, 0) is 6.42 Å². The molecule has 11 nitrogen and oxygen atoms in total. The van der Waals surface area contributed by atoms with Crippen LogP contribution < -0.4 is 4.74 Å². The fourth-order valence-electron chi connectivity index (χ4n) is 3.65. The Balaban J connectivity index is 2.35. The first-order chi connectivity index (χ1) is 18.1. The van der Waals surface area contributed by atoms with E-state index in [0.29, 0.717) is 0 Å². The van der Waals surface area contributed by atoms with Gasteiger partial charge in [-0.3, -0.25) is 24.0 Å². The molecule has 1 aliphatic heterocycles. The van der Waals surface area contributed by atoms with E-state index < -0.39 is 115 Å². The molecule has 39 heavy (non-hydrogen) atoms. The van der Waals surface area contributed by atoms with Gasteiger partial charge < -0.3 is 28.4 Å². The minimum Gasteiger partial charge on any atom is -0.463 e. The summed E-state index contributed by atoms with van der Waals surface area (Å²) in [6, 6.07) is 0. The molecule has 0 aromatic heterocycles. The third-order valence-corrected chi connectivity index (χ3v) is 5.11. The summed E-state index contributed by atoms with van der Waals surface area (Å²) in [6.07, 6.45) is -8.57. The maximum atomic E-state index is 13.9. The van der Waals surface area contributed by atoms with E-state index in [1.54, 1.807) is 0 Å². The van der Waals surface area contributed by atoms with Crippen LogP contribution in [0, 0.1) is 29.1 Å². The third-order valence-electron chi connectivity index (χ3n) is 5.11. The number of benzene rings is 1. The monoisotopic (exact) mass is 570 g/mol. The summed E-state index contributed by atoms with van der Waals surface area (Å²) >= 11 is 0. The number of esters is 5. The molecule has 0 saturated carbocycles. The quantitative estimate of drug-likeness (QED) is 0.108. The van der Waals surface area contributed by atoms with Crippen molar-refractivity contribution in [3.05, 3.63) is 29.1 Å². The molecule has 1 fully saturated rings. The second-order valence-corrected chi connectivity index (χ2v) is 8.15. The number of hydrogen-bond acceptors (Lipinski definition) is 11. The molecule has 0 unspecified atom stereocenters. The Kier molecular flexibility index (Phi) is 10.7. The molecule has 2 rings (SSSR count). The van der Waals surface area contributed by atoms with Crippen LogP contribution in [0.25, 0.3) is 0 Å². The van der Waals surface area contributed by atoms with Crippen LogP contribution in [0.2, 0.25) is 0 Å². The average Bonchev–Trinajstić information content (AvgIpc) is 2.83. The molecule has 0 N–H and O–H groups in total. The lowest BCUT2D eigenvalue weighted by Crippen LogP contribution is -2.62. The van der Waals surface area contributed by atoms with Gasteiger partial charge >= 0.3 is 29.8 Å². The number of halogens is 5. The first kappa shape index (κ1) is 31.4. The number of hydrogen-bond donors (Lipinski definition) is 0. The Bertz CT molecular complexity index is 1110. The lowest BCUT2D eigenvalue weighted by Gasteiger charge is -2.44. The molecule has 0 amide bonds. The van der Waals surface area contributed by atoms with E-state index in [1.807, 2.05) is 0 Å². The summed E-state index contributed by atoms with van der Waals surface area (Å²) in [6.45, 7) is 3.48. The number of carbonyl (C=O) groups excluding carboxylic acids is 5. The van der Waals surface area contributed by atoms with Crippen LogP contribution in [-0.4, -0.2) is 67.0 Å². The molecule has 16 heteroatoms. The zero-order chi connectivity index (χ0) is 29.6. The second kappa shape index (κ2) is 13.3. The first-order valence-corrected chi connectivity index (χ1v) is 11.2. The summed E-state index contributed by atoms with van der Waals surface area (Å²) in [5.41, 5.74) is 0. The predicted octanol–water partition coefficient (Wildman–Crippen LogP) is 2.19. The highest BCUT2D eigenvalue weighted by Crippen LogP contribution is 2.33. The molecule has 5 atom stereocenters. The smallest absolute Gasteiger partial charge is 0.311 e. The van der Waals surface area contributed by atoms with Gasteiger partial charge in [0.05, 0.1) is 6.10 Å². The largest absolute Gasteiger partial charge is 0.463 e. The van der Waals surface area contributed by atoms with Gasteiger partial charge in [-0.2, -0.15) is 8.78 Å². The van der Waals surface area contributed by atoms with Crippen LogP contribution in [0.5, 0.6) is 5.75 Å².